The highest BCUT2D eigenvalue weighted by Crippen LogP contribution is 2.20. The molecule has 0 bridgehead atoms. The molecule has 0 aliphatic carbocycles. The molecule has 1 aromatic rings. The molecule has 0 saturated heterocycles. The van der Waals surface area contributed by atoms with E-state index in [1.54, 1.807) is 6.08 Å². The van der Waals surface area contributed by atoms with Crippen LogP contribution in [0.2, 0.25) is 0 Å². The second kappa shape index (κ2) is 6.50. The summed E-state index contributed by atoms with van der Waals surface area (Å²) in [6, 6.07) is 3.92. The molecule has 0 fully saturated rings. The molecule has 0 saturated carbocycles. The zero-order valence-corrected chi connectivity index (χ0v) is 11.7. The fourth-order valence-corrected chi connectivity index (χ4v) is 2.18. The summed E-state index contributed by atoms with van der Waals surface area (Å²) < 4.78 is 6.39. The van der Waals surface area contributed by atoms with Gasteiger partial charge in [0.1, 0.15) is 11.2 Å². The van der Waals surface area contributed by atoms with Crippen LogP contribution >= 0.6 is 12.2 Å². The first kappa shape index (κ1) is 13.8. The van der Waals surface area contributed by atoms with Gasteiger partial charge in [0.15, 0.2) is 5.88 Å². The first-order valence-electron chi connectivity index (χ1n) is 6.23. The van der Waals surface area contributed by atoms with Crippen LogP contribution in [0.3, 0.4) is 0 Å². The molecule has 1 aromatic heterocycles. The van der Waals surface area contributed by atoms with Crippen LogP contribution in [-0.4, -0.2) is 29.6 Å². The van der Waals surface area contributed by atoms with Crippen molar-refractivity contribution in [3.8, 4) is 5.88 Å². The fraction of sp³-hybridized carbons (Fsp3) is 0.267. The van der Waals surface area contributed by atoms with Crippen LogP contribution in [-0.2, 0) is 6.54 Å². The van der Waals surface area contributed by atoms with E-state index in [2.05, 4.69) is 23.0 Å². The van der Waals surface area contributed by atoms with Gasteiger partial charge in [-0.3, -0.25) is 4.90 Å². The number of ether oxygens (including phenoxy) is 1. The number of nitrogens with zero attached hydrogens (tertiary/aromatic N) is 1. The first-order chi connectivity index (χ1) is 9.19. The Bertz CT molecular complexity index is 560. The predicted molar refractivity (Wildman–Crippen MR) is 80.9 cm³/mol. The minimum atomic E-state index is 0.654. The number of fused-ring (bicyclic) bond motifs is 1. The fourth-order valence-electron chi connectivity index (χ4n) is 2.01. The molecular weight excluding hydrogens is 256 g/mol. The van der Waals surface area contributed by atoms with Crippen molar-refractivity contribution >= 4 is 12.2 Å². The summed E-state index contributed by atoms with van der Waals surface area (Å²) in [6.45, 7) is 10.9. The largest absolute Gasteiger partial charge is 0.477 e. The van der Waals surface area contributed by atoms with E-state index in [1.807, 2.05) is 24.3 Å². The summed E-state index contributed by atoms with van der Waals surface area (Å²) in [5, 5.41) is 0. The highest BCUT2D eigenvalue weighted by molar-refractivity contribution is 7.71. The number of H-pyrrole nitrogens is 1. The van der Waals surface area contributed by atoms with E-state index < -0.39 is 0 Å². The molecule has 0 unspecified atom stereocenters. The van der Waals surface area contributed by atoms with E-state index in [4.69, 9.17) is 17.0 Å². The Morgan fingerprint density at radius 1 is 1.53 bits per heavy atom. The van der Waals surface area contributed by atoms with Crippen LogP contribution in [0, 0.1) is 4.64 Å². The molecule has 2 rings (SSSR count). The van der Waals surface area contributed by atoms with Crippen molar-refractivity contribution in [1.29, 1.82) is 0 Å². The first-order valence-corrected chi connectivity index (χ1v) is 6.64. The van der Waals surface area contributed by atoms with Gasteiger partial charge in [-0.05, 0) is 17.7 Å². The van der Waals surface area contributed by atoms with Gasteiger partial charge in [-0.2, -0.15) is 0 Å². The third-order valence-corrected chi connectivity index (χ3v) is 3.14. The lowest BCUT2D eigenvalue weighted by molar-refractivity contribution is 0.237. The predicted octanol–water partition coefficient (Wildman–Crippen LogP) is 3.24. The second-order valence-corrected chi connectivity index (χ2v) is 4.93. The van der Waals surface area contributed by atoms with Crippen molar-refractivity contribution in [2.45, 2.75) is 6.54 Å². The molecule has 0 atom stereocenters. The molecule has 0 amide bonds. The van der Waals surface area contributed by atoms with Crippen molar-refractivity contribution in [3.63, 3.8) is 0 Å². The van der Waals surface area contributed by atoms with Gasteiger partial charge in [-0.1, -0.05) is 43.6 Å². The van der Waals surface area contributed by atoms with Gasteiger partial charge in [-0.15, -0.1) is 0 Å². The van der Waals surface area contributed by atoms with Crippen LogP contribution in [0.4, 0.5) is 0 Å². The molecule has 1 N–H and O–H groups in total. The van der Waals surface area contributed by atoms with Gasteiger partial charge in [0, 0.05) is 25.2 Å². The Morgan fingerprint density at radius 3 is 3.16 bits per heavy atom. The molecule has 2 heterocycles. The zero-order valence-electron chi connectivity index (χ0n) is 10.9. The van der Waals surface area contributed by atoms with E-state index in [9.17, 15) is 0 Å². The molecule has 1 aliphatic heterocycles. The molecule has 0 aromatic carbocycles. The van der Waals surface area contributed by atoms with Crippen LogP contribution in [0.25, 0.3) is 0 Å². The van der Waals surface area contributed by atoms with Gasteiger partial charge in [-0.25, -0.2) is 0 Å². The lowest BCUT2D eigenvalue weighted by Crippen LogP contribution is -2.27. The van der Waals surface area contributed by atoms with Crippen LogP contribution in [0.15, 0.2) is 49.1 Å². The smallest absolute Gasteiger partial charge is 0.196 e. The number of rotatable bonds is 4. The van der Waals surface area contributed by atoms with Gasteiger partial charge in [0.2, 0.25) is 0 Å². The number of aromatic amines is 1. The summed E-state index contributed by atoms with van der Waals surface area (Å²) in [5.74, 6) is 0.794. The Kier molecular flexibility index (Phi) is 4.71. The Morgan fingerprint density at radius 2 is 2.37 bits per heavy atom. The lowest BCUT2D eigenvalue weighted by Gasteiger charge is -2.19. The topological polar surface area (TPSA) is 28.3 Å². The minimum absolute atomic E-state index is 0.654. The van der Waals surface area contributed by atoms with E-state index >= 15 is 0 Å². The molecule has 0 radical (unpaired) electrons. The van der Waals surface area contributed by atoms with Gasteiger partial charge < -0.3 is 9.72 Å². The highest BCUT2D eigenvalue weighted by Gasteiger charge is 2.15. The van der Waals surface area contributed by atoms with Crippen LogP contribution in [0.5, 0.6) is 5.88 Å². The van der Waals surface area contributed by atoms with Crippen molar-refractivity contribution in [2.75, 3.05) is 19.7 Å². The van der Waals surface area contributed by atoms with E-state index in [1.165, 1.54) is 0 Å². The third-order valence-electron chi connectivity index (χ3n) is 2.91. The average Bonchev–Trinajstić information content (AvgIpc) is 2.57. The van der Waals surface area contributed by atoms with Gasteiger partial charge in [0.25, 0.3) is 0 Å². The van der Waals surface area contributed by atoms with Crippen LogP contribution in [0.1, 0.15) is 5.56 Å². The maximum Gasteiger partial charge on any atom is 0.196 e. The molecule has 3 nitrogen and oxygen atoms in total. The van der Waals surface area contributed by atoms with Crippen molar-refractivity contribution in [1.82, 2.24) is 9.88 Å². The molecule has 19 heavy (non-hydrogen) atoms. The summed E-state index contributed by atoms with van der Waals surface area (Å²) in [5.41, 5.74) is 2.19. The molecular formula is C15H18N2OS. The van der Waals surface area contributed by atoms with E-state index in [0.29, 0.717) is 11.2 Å². The number of hydrogen-bond acceptors (Lipinski definition) is 3. The van der Waals surface area contributed by atoms with Gasteiger partial charge in [0.05, 0.1) is 0 Å². The maximum absolute atomic E-state index is 5.69. The molecule has 4 heteroatoms. The number of allylic oxidation sites excluding steroid dienone is 2. The van der Waals surface area contributed by atoms with Crippen LogP contribution < -0.4 is 4.74 Å². The monoisotopic (exact) mass is 274 g/mol. The highest BCUT2D eigenvalue weighted by atomic mass is 32.1. The van der Waals surface area contributed by atoms with Crippen molar-refractivity contribution < 1.29 is 4.74 Å². The number of aromatic nitrogens is 1. The van der Waals surface area contributed by atoms with Gasteiger partial charge >= 0.3 is 0 Å². The summed E-state index contributed by atoms with van der Waals surface area (Å²) >= 11 is 5.11. The quantitative estimate of drug-likeness (QED) is 0.675. The normalized spacial score (nSPS) is 15.6. The maximum atomic E-state index is 5.69. The Hall–Kier alpha value is -1.65. The lowest BCUT2D eigenvalue weighted by atomic mass is 10.2. The average molecular weight is 274 g/mol. The second-order valence-electron chi connectivity index (χ2n) is 4.49. The minimum Gasteiger partial charge on any atom is -0.477 e. The summed E-state index contributed by atoms with van der Waals surface area (Å²) in [6.07, 6.45) is 5.64. The SMILES string of the molecule is C=C/C=C\C(=C)CN1CCOc2[nH]c(=S)ccc2C1. The number of hydrogen-bond donors (Lipinski definition) is 1. The Balaban J connectivity index is 2.07. The van der Waals surface area contributed by atoms with E-state index in [-0.39, 0.29) is 0 Å². The summed E-state index contributed by atoms with van der Waals surface area (Å²) in [7, 11) is 0. The van der Waals surface area contributed by atoms with E-state index in [0.717, 1.165) is 36.7 Å². The zero-order chi connectivity index (χ0) is 13.7. The Labute approximate surface area is 118 Å². The summed E-state index contributed by atoms with van der Waals surface area (Å²) in [4.78, 5) is 5.40. The van der Waals surface area contributed by atoms with Crippen molar-refractivity contribution in [3.05, 3.63) is 59.3 Å². The molecule has 100 valence electrons. The van der Waals surface area contributed by atoms with Crippen molar-refractivity contribution in [2.24, 2.45) is 0 Å². The standard InChI is InChI=1S/C15H18N2OS/c1-3-4-5-12(2)10-17-8-9-18-15-13(11-17)6-7-14(19)16-15/h3-7H,1-2,8-11H2,(H,16,19)/b5-4-. The molecule has 0 spiro atoms. The number of pyridine rings is 1. The number of nitrogens with one attached hydrogen (secondary N) is 1. The third kappa shape index (κ3) is 3.91. The molecule has 1 aliphatic rings.